The van der Waals surface area contributed by atoms with Crippen molar-refractivity contribution in [2.24, 2.45) is 0 Å². The van der Waals surface area contributed by atoms with Gasteiger partial charge in [0.1, 0.15) is 0 Å². The van der Waals surface area contributed by atoms with Gasteiger partial charge in [-0.15, -0.1) is 0 Å². The van der Waals surface area contributed by atoms with Crippen molar-refractivity contribution >= 4 is 11.9 Å². The van der Waals surface area contributed by atoms with Crippen LogP contribution in [-0.4, -0.2) is 11.9 Å². The van der Waals surface area contributed by atoms with Crippen molar-refractivity contribution in [1.82, 2.24) is 0 Å². The number of carboxylic acids is 2. The van der Waals surface area contributed by atoms with Gasteiger partial charge in [-0.3, -0.25) is 0 Å². The van der Waals surface area contributed by atoms with Crippen LogP contribution in [0.3, 0.4) is 0 Å². The maximum Gasteiger partial charge on any atom is 2.00 e. The Bertz CT molecular complexity index is 80.0. The monoisotopic (exact) mass is 203 g/mol. The second kappa shape index (κ2) is 6.97. The SMILES string of the molecule is O=C([O-])C(=O)[O-].[Co+2].[Fe]. The zero-order valence-corrected chi connectivity index (χ0v) is 5.47. The molecule has 0 unspecified atom stereocenters. The zero-order chi connectivity index (χ0) is 5.15. The van der Waals surface area contributed by atoms with Crippen LogP contribution in [0.4, 0.5) is 0 Å². The molecule has 0 aliphatic rings. The number of carbonyl (C=O) groups excluding carboxylic acids is 2. The molecule has 0 bridgehead atoms. The van der Waals surface area contributed by atoms with Crippen molar-refractivity contribution in [1.29, 1.82) is 0 Å². The molecule has 0 heterocycles. The Kier molecular flexibility index (Phi) is 13.6. The smallest absolute Gasteiger partial charge is 0.543 e. The molecule has 0 saturated heterocycles. The molecular formula is C2CoFeO4. The van der Waals surface area contributed by atoms with E-state index in [1.165, 1.54) is 0 Å². The molecule has 0 rings (SSSR count). The fraction of sp³-hybridized carbons (Fsp3) is 0. The first-order valence-corrected chi connectivity index (χ1v) is 1.07. The van der Waals surface area contributed by atoms with Crippen LogP contribution in [0.25, 0.3) is 0 Å². The quantitative estimate of drug-likeness (QED) is 0.302. The maximum atomic E-state index is 8.93. The normalized spacial score (nSPS) is 5.50. The number of rotatable bonds is 0. The Hall–Kier alpha value is -0.0340. The van der Waals surface area contributed by atoms with E-state index in [0.717, 1.165) is 0 Å². The molecule has 0 amide bonds. The van der Waals surface area contributed by atoms with E-state index >= 15 is 0 Å². The third kappa shape index (κ3) is 9.35. The van der Waals surface area contributed by atoms with Gasteiger partial charge < -0.3 is 19.8 Å². The summed E-state index contributed by atoms with van der Waals surface area (Å²) < 4.78 is 0. The molecule has 0 aliphatic heterocycles. The van der Waals surface area contributed by atoms with Gasteiger partial charge in [-0.2, -0.15) is 0 Å². The molecule has 0 fully saturated rings. The van der Waals surface area contributed by atoms with Gasteiger partial charge >= 0.3 is 16.8 Å². The Morgan fingerprint density at radius 1 is 1.00 bits per heavy atom. The molecule has 8 heavy (non-hydrogen) atoms. The average Bonchev–Trinajstić information content (AvgIpc) is 1.36. The van der Waals surface area contributed by atoms with Crippen LogP contribution in [0.2, 0.25) is 0 Å². The van der Waals surface area contributed by atoms with Gasteiger partial charge in [0.05, 0.1) is 11.9 Å². The maximum absolute atomic E-state index is 8.93. The minimum atomic E-state index is -2.19. The van der Waals surface area contributed by atoms with Crippen LogP contribution >= 0.6 is 0 Å². The number of hydrogen-bond donors (Lipinski definition) is 0. The first kappa shape index (κ1) is 15.7. The molecular weight excluding hydrogens is 203 g/mol. The summed E-state index contributed by atoms with van der Waals surface area (Å²) >= 11 is 0. The third-order valence-electron chi connectivity index (χ3n) is 0.167. The molecule has 0 saturated carbocycles. The van der Waals surface area contributed by atoms with Gasteiger partial charge in [-0.05, 0) is 0 Å². The van der Waals surface area contributed by atoms with E-state index in [9.17, 15) is 0 Å². The summed E-state index contributed by atoms with van der Waals surface area (Å²) in [5, 5.41) is 17.9. The molecule has 1 radical (unpaired) electrons. The minimum absolute atomic E-state index is 0. The molecule has 0 aromatic heterocycles. The van der Waals surface area contributed by atoms with Crippen molar-refractivity contribution in [2.45, 2.75) is 0 Å². The molecule has 0 spiro atoms. The molecule has 6 heteroatoms. The number of aliphatic carboxylic acids is 2. The summed E-state index contributed by atoms with van der Waals surface area (Å²) in [4.78, 5) is 17.9. The molecule has 0 N–H and O–H groups in total. The summed E-state index contributed by atoms with van der Waals surface area (Å²) in [7, 11) is 0. The van der Waals surface area contributed by atoms with Crippen LogP contribution in [0.1, 0.15) is 0 Å². The molecule has 4 nitrogen and oxygen atoms in total. The summed E-state index contributed by atoms with van der Waals surface area (Å²) in [5.41, 5.74) is 0. The Morgan fingerprint density at radius 3 is 1.12 bits per heavy atom. The summed E-state index contributed by atoms with van der Waals surface area (Å²) in [6.07, 6.45) is 0. The predicted molar refractivity (Wildman–Crippen MR) is 10.0 cm³/mol. The van der Waals surface area contributed by atoms with Crippen molar-refractivity contribution < 1.29 is 53.6 Å². The van der Waals surface area contributed by atoms with E-state index in [1.807, 2.05) is 0 Å². The number of hydrogen-bond acceptors (Lipinski definition) is 4. The average molecular weight is 203 g/mol. The fourth-order valence-corrected chi connectivity index (χ4v) is 0. The second-order valence-corrected chi connectivity index (χ2v) is 0.575. The first-order valence-electron chi connectivity index (χ1n) is 1.07. The van der Waals surface area contributed by atoms with Crippen LogP contribution in [0.15, 0.2) is 0 Å². The Morgan fingerprint density at radius 2 is 1.12 bits per heavy atom. The minimum Gasteiger partial charge on any atom is -0.543 e. The summed E-state index contributed by atoms with van der Waals surface area (Å²) in [6.45, 7) is 0. The van der Waals surface area contributed by atoms with E-state index in [0.29, 0.717) is 0 Å². The summed E-state index contributed by atoms with van der Waals surface area (Å²) in [6, 6.07) is 0. The molecule has 0 atom stereocenters. The van der Waals surface area contributed by atoms with E-state index in [4.69, 9.17) is 19.8 Å². The number of carbonyl (C=O) groups is 2. The van der Waals surface area contributed by atoms with Gasteiger partial charge in [0, 0.05) is 17.1 Å². The van der Waals surface area contributed by atoms with E-state index in [-0.39, 0.29) is 33.8 Å². The van der Waals surface area contributed by atoms with Crippen LogP contribution in [-0.2, 0) is 43.4 Å². The molecule has 0 aromatic carbocycles. The third-order valence-corrected chi connectivity index (χ3v) is 0.167. The Labute approximate surface area is 65.9 Å². The fourth-order valence-electron chi connectivity index (χ4n) is 0. The molecule has 49 valence electrons. The van der Waals surface area contributed by atoms with Gasteiger partial charge in [0.25, 0.3) is 0 Å². The topological polar surface area (TPSA) is 80.3 Å². The zero-order valence-electron chi connectivity index (χ0n) is 3.32. The van der Waals surface area contributed by atoms with Crippen LogP contribution < -0.4 is 10.2 Å². The van der Waals surface area contributed by atoms with Crippen molar-refractivity contribution in [3.05, 3.63) is 0 Å². The standard InChI is InChI=1S/C2H2O4.Co.Fe/c3-1(4)2(5)6;;/h(H,3,4)(H,5,6);;/q;+2;/p-2. The van der Waals surface area contributed by atoms with Crippen LogP contribution in [0, 0.1) is 0 Å². The van der Waals surface area contributed by atoms with Gasteiger partial charge in [0.15, 0.2) is 0 Å². The number of carboxylic acid groups (broad SMARTS) is 2. The second-order valence-electron chi connectivity index (χ2n) is 0.575. The van der Waals surface area contributed by atoms with Crippen molar-refractivity contribution in [2.75, 3.05) is 0 Å². The van der Waals surface area contributed by atoms with Gasteiger partial charge in [0.2, 0.25) is 0 Å². The van der Waals surface area contributed by atoms with E-state index in [2.05, 4.69) is 0 Å². The largest absolute Gasteiger partial charge is 2.00 e. The molecule has 0 aliphatic carbocycles. The van der Waals surface area contributed by atoms with Gasteiger partial charge in [-0.1, -0.05) is 0 Å². The van der Waals surface area contributed by atoms with Gasteiger partial charge in [-0.25, -0.2) is 0 Å². The van der Waals surface area contributed by atoms with Crippen LogP contribution in [0.5, 0.6) is 0 Å². The van der Waals surface area contributed by atoms with E-state index < -0.39 is 11.9 Å². The van der Waals surface area contributed by atoms with Crippen molar-refractivity contribution in [3.63, 3.8) is 0 Å². The Balaban J connectivity index is -0.000000125. The first-order chi connectivity index (χ1) is 2.64. The van der Waals surface area contributed by atoms with Crippen molar-refractivity contribution in [3.8, 4) is 0 Å². The predicted octanol–water partition coefficient (Wildman–Crippen LogP) is -3.52. The summed E-state index contributed by atoms with van der Waals surface area (Å²) in [5.74, 6) is -4.37. The van der Waals surface area contributed by atoms with E-state index in [1.54, 1.807) is 0 Å². The molecule has 0 aromatic rings.